The summed E-state index contributed by atoms with van der Waals surface area (Å²) in [5.41, 5.74) is 0.578. The van der Waals surface area contributed by atoms with Crippen molar-refractivity contribution in [2.75, 3.05) is 13.2 Å². The van der Waals surface area contributed by atoms with Crippen LogP contribution in [0.5, 0.6) is 0 Å². The molecule has 0 aromatic heterocycles. The van der Waals surface area contributed by atoms with Crippen molar-refractivity contribution >= 4 is 5.91 Å². The van der Waals surface area contributed by atoms with Gasteiger partial charge in [0, 0.05) is 24.6 Å². The van der Waals surface area contributed by atoms with Crippen molar-refractivity contribution in [2.24, 2.45) is 0 Å². The van der Waals surface area contributed by atoms with E-state index >= 15 is 0 Å². The van der Waals surface area contributed by atoms with E-state index in [9.17, 15) is 9.18 Å². The van der Waals surface area contributed by atoms with Crippen LogP contribution in [0.15, 0.2) is 18.2 Å². The molecule has 1 unspecified atom stereocenters. The fraction of sp³-hybridized carbons (Fsp3) is 0.471. The minimum atomic E-state index is -0.558. The SMILES string of the molecule is CCC(C)N(CC)C(=O)c1ccc(C#CCCO)cc1F. The summed E-state index contributed by atoms with van der Waals surface area (Å²) in [5, 5.41) is 8.65. The maximum atomic E-state index is 14.1. The second-order valence-corrected chi connectivity index (χ2v) is 4.82. The number of hydrogen-bond donors (Lipinski definition) is 1. The average Bonchev–Trinajstić information content (AvgIpc) is 2.48. The first-order chi connectivity index (χ1) is 10.0. The molecule has 4 heteroatoms. The van der Waals surface area contributed by atoms with E-state index in [4.69, 9.17) is 5.11 Å². The highest BCUT2D eigenvalue weighted by Gasteiger charge is 2.21. The maximum Gasteiger partial charge on any atom is 0.257 e. The van der Waals surface area contributed by atoms with Crippen molar-refractivity contribution in [1.29, 1.82) is 0 Å². The number of aliphatic hydroxyl groups excluding tert-OH is 1. The first kappa shape index (κ1) is 17.2. The third kappa shape index (κ3) is 4.57. The molecular formula is C17H22FNO2. The molecule has 1 aromatic rings. The van der Waals surface area contributed by atoms with E-state index in [1.54, 1.807) is 11.0 Å². The van der Waals surface area contributed by atoms with Gasteiger partial charge in [-0.15, -0.1) is 0 Å². The number of halogens is 1. The van der Waals surface area contributed by atoms with Crippen LogP contribution in [-0.4, -0.2) is 35.1 Å². The number of nitrogens with zero attached hydrogens (tertiary/aromatic N) is 1. The molecule has 0 bridgehead atoms. The number of hydrogen-bond acceptors (Lipinski definition) is 2. The molecule has 1 amide bonds. The summed E-state index contributed by atoms with van der Waals surface area (Å²) in [7, 11) is 0. The Balaban J connectivity index is 2.99. The van der Waals surface area contributed by atoms with Gasteiger partial charge in [0.05, 0.1) is 12.2 Å². The Morgan fingerprint density at radius 3 is 2.67 bits per heavy atom. The topological polar surface area (TPSA) is 40.5 Å². The minimum absolute atomic E-state index is 0.0214. The summed E-state index contributed by atoms with van der Waals surface area (Å²) in [6.45, 7) is 6.36. The number of benzene rings is 1. The van der Waals surface area contributed by atoms with Crippen LogP contribution in [0.1, 0.15) is 49.5 Å². The number of carbonyl (C=O) groups excluding carboxylic acids is 1. The lowest BCUT2D eigenvalue weighted by Gasteiger charge is -2.27. The number of aliphatic hydroxyl groups is 1. The van der Waals surface area contributed by atoms with Crippen molar-refractivity contribution in [1.82, 2.24) is 4.90 Å². The molecule has 0 aliphatic heterocycles. The van der Waals surface area contributed by atoms with Gasteiger partial charge in [0.1, 0.15) is 5.82 Å². The molecule has 0 spiro atoms. The predicted octanol–water partition coefficient (Wildman–Crippen LogP) is 2.82. The Hall–Kier alpha value is -1.86. The molecule has 0 heterocycles. The van der Waals surface area contributed by atoms with Gasteiger partial charge in [0.15, 0.2) is 0 Å². The van der Waals surface area contributed by atoms with Crippen molar-refractivity contribution in [3.63, 3.8) is 0 Å². The quantitative estimate of drug-likeness (QED) is 0.847. The number of carbonyl (C=O) groups is 1. The first-order valence-electron chi connectivity index (χ1n) is 7.25. The van der Waals surface area contributed by atoms with E-state index < -0.39 is 5.82 Å². The van der Waals surface area contributed by atoms with Gasteiger partial charge < -0.3 is 10.0 Å². The maximum absolute atomic E-state index is 14.1. The Bertz CT molecular complexity index is 545. The van der Waals surface area contributed by atoms with Crippen LogP contribution in [0.25, 0.3) is 0 Å². The smallest absolute Gasteiger partial charge is 0.257 e. The minimum Gasteiger partial charge on any atom is -0.395 e. The van der Waals surface area contributed by atoms with Crippen LogP contribution >= 0.6 is 0 Å². The summed E-state index contributed by atoms with van der Waals surface area (Å²) < 4.78 is 14.1. The average molecular weight is 291 g/mol. The van der Waals surface area contributed by atoms with Gasteiger partial charge in [-0.2, -0.15) is 0 Å². The predicted molar refractivity (Wildman–Crippen MR) is 81.4 cm³/mol. The molecule has 1 aromatic carbocycles. The normalized spacial score (nSPS) is 11.5. The summed E-state index contributed by atoms with van der Waals surface area (Å²) >= 11 is 0. The van der Waals surface area contributed by atoms with Gasteiger partial charge in [0.25, 0.3) is 5.91 Å². The van der Waals surface area contributed by atoms with Crippen LogP contribution in [-0.2, 0) is 0 Å². The Morgan fingerprint density at radius 1 is 1.43 bits per heavy atom. The Morgan fingerprint density at radius 2 is 2.14 bits per heavy atom. The molecular weight excluding hydrogens is 269 g/mol. The summed E-state index contributed by atoms with van der Waals surface area (Å²) in [6, 6.07) is 4.45. The van der Waals surface area contributed by atoms with Crippen LogP contribution in [0.4, 0.5) is 4.39 Å². The lowest BCUT2D eigenvalue weighted by atomic mass is 10.1. The van der Waals surface area contributed by atoms with Crippen molar-refractivity contribution in [3.8, 4) is 11.8 Å². The zero-order valence-electron chi connectivity index (χ0n) is 12.8. The number of rotatable bonds is 5. The fourth-order valence-electron chi connectivity index (χ4n) is 2.02. The molecule has 3 nitrogen and oxygen atoms in total. The molecule has 21 heavy (non-hydrogen) atoms. The second kappa shape index (κ2) is 8.43. The van der Waals surface area contributed by atoms with Gasteiger partial charge >= 0.3 is 0 Å². The molecule has 0 aliphatic rings. The third-order valence-corrected chi connectivity index (χ3v) is 3.39. The van der Waals surface area contributed by atoms with Gasteiger partial charge in [-0.3, -0.25) is 4.79 Å². The highest BCUT2D eigenvalue weighted by atomic mass is 19.1. The van der Waals surface area contributed by atoms with Crippen molar-refractivity contribution in [3.05, 3.63) is 35.1 Å². The van der Waals surface area contributed by atoms with E-state index in [2.05, 4.69) is 11.8 Å². The monoisotopic (exact) mass is 291 g/mol. The van der Waals surface area contributed by atoms with Crippen LogP contribution in [0, 0.1) is 17.7 Å². The Kier molecular flexibility index (Phi) is 6.90. The van der Waals surface area contributed by atoms with Crippen LogP contribution < -0.4 is 0 Å². The molecule has 1 atom stereocenters. The second-order valence-electron chi connectivity index (χ2n) is 4.82. The molecule has 0 saturated heterocycles. The lowest BCUT2D eigenvalue weighted by Crippen LogP contribution is -2.38. The summed E-state index contributed by atoms with van der Waals surface area (Å²) in [6.07, 6.45) is 1.17. The van der Waals surface area contributed by atoms with Gasteiger partial charge in [-0.25, -0.2) is 4.39 Å². The third-order valence-electron chi connectivity index (χ3n) is 3.39. The molecule has 0 radical (unpaired) electrons. The molecule has 0 aliphatic carbocycles. The van der Waals surface area contributed by atoms with E-state index in [-0.39, 0.29) is 24.1 Å². The van der Waals surface area contributed by atoms with Crippen molar-refractivity contribution < 1.29 is 14.3 Å². The number of amides is 1. The highest BCUT2D eigenvalue weighted by Crippen LogP contribution is 2.15. The molecule has 0 saturated carbocycles. The first-order valence-corrected chi connectivity index (χ1v) is 7.25. The largest absolute Gasteiger partial charge is 0.395 e. The summed E-state index contributed by atoms with van der Waals surface area (Å²) in [4.78, 5) is 14.0. The lowest BCUT2D eigenvalue weighted by molar-refractivity contribution is 0.0695. The van der Waals surface area contributed by atoms with Crippen LogP contribution in [0.2, 0.25) is 0 Å². The zero-order chi connectivity index (χ0) is 15.8. The highest BCUT2D eigenvalue weighted by molar-refractivity contribution is 5.94. The molecule has 0 fully saturated rings. The van der Waals surface area contributed by atoms with Crippen molar-refractivity contribution in [2.45, 2.75) is 39.7 Å². The van der Waals surface area contributed by atoms with E-state index in [1.807, 2.05) is 20.8 Å². The molecule has 1 rings (SSSR count). The van der Waals surface area contributed by atoms with Gasteiger partial charge in [-0.1, -0.05) is 18.8 Å². The van der Waals surface area contributed by atoms with E-state index in [1.165, 1.54) is 12.1 Å². The summed E-state index contributed by atoms with van der Waals surface area (Å²) in [5.74, 6) is 4.63. The fourth-order valence-corrected chi connectivity index (χ4v) is 2.02. The van der Waals surface area contributed by atoms with E-state index in [0.29, 0.717) is 18.5 Å². The molecule has 1 N–H and O–H groups in total. The Labute approximate surface area is 125 Å². The van der Waals surface area contributed by atoms with Crippen LogP contribution in [0.3, 0.4) is 0 Å². The van der Waals surface area contributed by atoms with Gasteiger partial charge in [-0.05, 0) is 38.5 Å². The molecule has 114 valence electrons. The van der Waals surface area contributed by atoms with E-state index in [0.717, 1.165) is 6.42 Å². The standard InChI is InChI=1S/C17H22FNO2/c1-4-13(3)19(5-2)17(21)15-10-9-14(12-16(15)18)8-6-7-11-20/h9-10,12-13,20H,4-5,7,11H2,1-3H3. The zero-order valence-corrected chi connectivity index (χ0v) is 12.8. The van der Waals surface area contributed by atoms with Gasteiger partial charge in [0.2, 0.25) is 0 Å².